The number of allylic oxidation sites excluding steroid dienone is 1. The SMILES string of the molecule is CC1=C(C(=O)OC(C)(C)C)C2(C(=O)O1)C(C(=O)OC(C)C)=C(N)Nc1ccccc12. The molecule has 0 saturated heterocycles. The highest BCUT2D eigenvalue weighted by Gasteiger charge is 2.63. The summed E-state index contributed by atoms with van der Waals surface area (Å²) in [6, 6.07) is 6.78. The van der Waals surface area contributed by atoms with E-state index in [-0.39, 0.29) is 22.7 Å². The smallest absolute Gasteiger partial charge is 0.339 e. The summed E-state index contributed by atoms with van der Waals surface area (Å²) < 4.78 is 16.3. The molecule has 2 aliphatic rings. The Hall–Kier alpha value is -3.29. The summed E-state index contributed by atoms with van der Waals surface area (Å²) in [4.78, 5) is 39.7. The van der Waals surface area contributed by atoms with Crippen LogP contribution < -0.4 is 11.1 Å². The van der Waals surface area contributed by atoms with Crippen molar-refractivity contribution in [3.63, 3.8) is 0 Å². The molecule has 1 unspecified atom stereocenters. The van der Waals surface area contributed by atoms with E-state index in [1.165, 1.54) is 6.92 Å². The van der Waals surface area contributed by atoms with Crippen LogP contribution in [-0.4, -0.2) is 29.6 Å². The van der Waals surface area contributed by atoms with E-state index in [0.29, 0.717) is 11.3 Å². The Labute approximate surface area is 175 Å². The molecule has 1 spiro atoms. The molecular weight excluding hydrogens is 388 g/mol. The summed E-state index contributed by atoms with van der Waals surface area (Å²) in [6.07, 6.45) is -0.473. The maximum Gasteiger partial charge on any atom is 0.339 e. The molecule has 8 nitrogen and oxygen atoms in total. The van der Waals surface area contributed by atoms with Crippen LogP contribution in [0.2, 0.25) is 0 Å². The van der Waals surface area contributed by atoms with Crippen molar-refractivity contribution in [2.45, 2.75) is 58.7 Å². The molecule has 8 heteroatoms. The minimum atomic E-state index is -1.90. The fraction of sp³-hybridized carbons (Fsp3) is 0.409. The average molecular weight is 414 g/mol. The number of benzene rings is 1. The third-order valence-electron chi connectivity index (χ3n) is 4.67. The van der Waals surface area contributed by atoms with Crippen LogP contribution >= 0.6 is 0 Å². The summed E-state index contributed by atoms with van der Waals surface area (Å²) in [5.74, 6) is -2.45. The van der Waals surface area contributed by atoms with Crippen molar-refractivity contribution in [2.24, 2.45) is 5.73 Å². The number of esters is 3. The lowest BCUT2D eigenvalue weighted by Gasteiger charge is -2.36. The Morgan fingerprint density at radius 3 is 2.37 bits per heavy atom. The van der Waals surface area contributed by atoms with E-state index in [1.807, 2.05) is 0 Å². The normalized spacial score (nSPS) is 20.8. The zero-order valence-corrected chi connectivity index (χ0v) is 17.9. The molecule has 0 amide bonds. The number of carbonyl (C=O) groups is 3. The molecule has 0 saturated carbocycles. The molecule has 0 aliphatic carbocycles. The van der Waals surface area contributed by atoms with Gasteiger partial charge in [0.05, 0.1) is 6.10 Å². The van der Waals surface area contributed by atoms with E-state index in [9.17, 15) is 14.4 Å². The van der Waals surface area contributed by atoms with Gasteiger partial charge in [-0.2, -0.15) is 0 Å². The monoisotopic (exact) mass is 414 g/mol. The van der Waals surface area contributed by atoms with Crippen LogP contribution in [0.3, 0.4) is 0 Å². The average Bonchev–Trinajstić information content (AvgIpc) is 2.83. The molecule has 2 aliphatic heterocycles. The zero-order chi connectivity index (χ0) is 22.4. The third-order valence-corrected chi connectivity index (χ3v) is 4.67. The number of fused-ring (bicyclic) bond motifs is 2. The molecule has 0 bridgehead atoms. The Morgan fingerprint density at radius 1 is 1.13 bits per heavy atom. The summed E-state index contributed by atoms with van der Waals surface area (Å²) >= 11 is 0. The minimum Gasteiger partial charge on any atom is -0.459 e. The van der Waals surface area contributed by atoms with E-state index < -0.39 is 35.0 Å². The van der Waals surface area contributed by atoms with Crippen LogP contribution in [0.15, 0.2) is 47.0 Å². The van der Waals surface area contributed by atoms with Crippen molar-refractivity contribution in [2.75, 3.05) is 5.32 Å². The molecule has 1 atom stereocenters. The molecule has 0 radical (unpaired) electrons. The maximum absolute atomic E-state index is 13.4. The van der Waals surface area contributed by atoms with Crippen molar-refractivity contribution < 1.29 is 28.6 Å². The number of nitrogens with one attached hydrogen (secondary N) is 1. The van der Waals surface area contributed by atoms with Crippen molar-refractivity contribution >= 4 is 23.6 Å². The van der Waals surface area contributed by atoms with Gasteiger partial charge in [0.1, 0.15) is 28.3 Å². The fourth-order valence-corrected chi connectivity index (χ4v) is 3.73. The van der Waals surface area contributed by atoms with Gasteiger partial charge in [-0.25, -0.2) is 14.4 Å². The first-order valence-corrected chi connectivity index (χ1v) is 9.64. The van der Waals surface area contributed by atoms with Crippen LogP contribution in [0.5, 0.6) is 0 Å². The minimum absolute atomic E-state index is 0.0496. The molecule has 30 heavy (non-hydrogen) atoms. The third kappa shape index (κ3) is 3.32. The molecule has 3 N–H and O–H groups in total. The quantitative estimate of drug-likeness (QED) is 0.573. The van der Waals surface area contributed by atoms with Gasteiger partial charge in [-0.05, 0) is 47.6 Å². The zero-order valence-electron chi connectivity index (χ0n) is 17.9. The highest BCUT2D eigenvalue weighted by molar-refractivity contribution is 6.16. The van der Waals surface area contributed by atoms with Gasteiger partial charge in [0.2, 0.25) is 0 Å². The molecule has 160 valence electrons. The van der Waals surface area contributed by atoms with Crippen molar-refractivity contribution in [1.82, 2.24) is 0 Å². The maximum atomic E-state index is 13.4. The number of cyclic esters (lactones) is 1. The number of rotatable bonds is 3. The van der Waals surface area contributed by atoms with Gasteiger partial charge < -0.3 is 25.3 Å². The van der Waals surface area contributed by atoms with Gasteiger partial charge >= 0.3 is 17.9 Å². The van der Waals surface area contributed by atoms with E-state index in [0.717, 1.165) is 0 Å². The summed E-state index contributed by atoms with van der Waals surface area (Å²) in [7, 11) is 0. The largest absolute Gasteiger partial charge is 0.459 e. The van der Waals surface area contributed by atoms with E-state index in [1.54, 1.807) is 58.9 Å². The Balaban J connectivity index is 2.33. The van der Waals surface area contributed by atoms with Crippen LogP contribution in [0.1, 0.15) is 47.1 Å². The lowest BCUT2D eigenvalue weighted by atomic mass is 9.67. The highest BCUT2D eigenvalue weighted by Crippen LogP contribution is 2.52. The number of anilines is 1. The van der Waals surface area contributed by atoms with Gasteiger partial charge in [-0.1, -0.05) is 18.2 Å². The standard InChI is InChI=1S/C22H26N2O6/c1-11(2)28-18(25)16-17(23)24-14-10-8-7-9-13(14)22(16)15(12(3)29-20(22)27)19(26)30-21(4,5)6/h7-11,24H,23H2,1-6H3. The number of hydrogen-bond acceptors (Lipinski definition) is 8. The molecule has 1 aromatic rings. The van der Waals surface area contributed by atoms with Gasteiger partial charge in [0.25, 0.3) is 0 Å². The van der Waals surface area contributed by atoms with Crippen LogP contribution in [0, 0.1) is 0 Å². The van der Waals surface area contributed by atoms with Gasteiger partial charge in [0.15, 0.2) is 5.41 Å². The summed E-state index contributed by atoms with van der Waals surface area (Å²) in [5.41, 5.74) is 4.02. The van der Waals surface area contributed by atoms with Crippen molar-refractivity contribution in [1.29, 1.82) is 0 Å². The molecule has 0 fully saturated rings. The number of carbonyl (C=O) groups excluding carboxylic acids is 3. The number of ether oxygens (including phenoxy) is 3. The first-order valence-electron chi connectivity index (χ1n) is 9.64. The molecule has 3 rings (SSSR count). The van der Waals surface area contributed by atoms with Crippen molar-refractivity contribution in [3.05, 3.63) is 52.6 Å². The fourth-order valence-electron chi connectivity index (χ4n) is 3.73. The van der Waals surface area contributed by atoms with E-state index in [2.05, 4.69) is 5.32 Å². The van der Waals surface area contributed by atoms with E-state index >= 15 is 0 Å². The second-order valence-corrected chi connectivity index (χ2v) is 8.49. The molecule has 1 aromatic carbocycles. The number of hydrogen-bond donors (Lipinski definition) is 2. The Kier molecular flexibility index (Phi) is 5.14. The second-order valence-electron chi connectivity index (χ2n) is 8.49. The van der Waals surface area contributed by atoms with E-state index in [4.69, 9.17) is 19.9 Å². The number of para-hydroxylation sites is 1. The second kappa shape index (κ2) is 7.19. The topological polar surface area (TPSA) is 117 Å². The van der Waals surface area contributed by atoms with Gasteiger partial charge in [-0.3, -0.25) is 0 Å². The van der Waals surface area contributed by atoms with Crippen LogP contribution in [-0.2, 0) is 34.0 Å². The lowest BCUT2D eigenvalue weighted by molar-refractivity contribution is -0.152. The first-order chi connectivity index (χ1) is 13.9. The van der Waals surface area contributed by atoms with Gasteiger partial charge in [0, 0.05) is 11.3 Å². The summed E-state index contributed by atoms with van der Waals surface area (Å²) in [5, 5.41) is 2.93. The number of nitrogens with two attached hydrogens (primary N) is 1. The lowest BCUT2D eigenvalue weighted by Crippen LogP contribution is -2.48. The summed E-state index contributed by atoms with van der Waals surface area (Å²) in [6.45, 7) is 9.96. The first kappa shape index (κ1) is 21.4. The van der Waals surface area contributed by atoms with Crippen LogP contribution in [0.25, 0.3) is 0 Å². The predicted octanol–water partition coefficient (Wildman–Crippen LogP) is 2.64. The Bertz CT molecular complexity index is 999. The van der Waals surface area contributed by atoms with Crippen LogP contribution in [0.4, 0.5) is 5.69 Å². The van der Waals surface area contributed by atoms with Gasteiger partial charge in [-0.15, -0.1) is 0 Å². The molecule has 0 aromatic heterocycles. The highest BCUT2D eigenvalue weighted by atomic mass is 16.6. The predicted molar refractivity (Wildman–Crippen MR) is 109 cm³/mol. The Morgan fingerprint density at radius 2 is 1.77 bits per heavy atom. The van der Waals surface area contributed by atoms with Crippen molar-refractivity contribution in [3.8, 4) is 0 Å². The molecule has 2 heterocycles. The molecular formula is C22H26N2O6.